The van der Waals surface area contributed by atoms with Crippen molar-refractivity contribution in [3.63, 3.8) is 0 Å². The predicted molar refractivity (Wildman–Crippen MR) is 43.0 cm³/mol. The van der Waals surface area contributed by atoms with Gasteiger partial charge in [-0.2, -0.15) is 0 Å². The second-order valence-electron chi connectivity index (χ2n) is 2.92. The van der Waals surface area contributed by atoms with Gasteiger partial charge >= 0.3 is 0 Å². The van der Waals surface area contributed by atoms with Crippen LogP contribution < -0.4 is 0 Å². The molecule has 1 aliphatic rings. The Morgan fingerprint density at radius 3 is 3.00 bits per heavy atom. The molecule has 0 unspecified atom stereocenters. The Morgan fingerprint density at radius 1 is 1.70 bits per heavy atom. The molecule has 0 saturated carbocycles. The van der Waals surface area contributed by atoms with Gasteiger partial charge in [0, 0.05) is 6.61 Å². The highest BCUT2D eigenvalue weighted by Gasteiger charge is 2.11. The molecule has 0 aromatic carbocycles. The fourth-order valence-corrected chi connectivity index (χ4v) is 1.17. The summed E-state index contributed by atoms with van der Waals surface area (Å²) in [5, 5.41) is 0. The summed E-state index contributed by atoms with van der Waals surface area (Å²) in [6, 6.07) is 0. The van der Waals surface area contributed by atoms with Crippen LogP contribution in [-0.4, -0.2) is 12.7 Å². The largest absolute Gasteiger partial charge is 0.374 e. The summed E-state index contributed by atoms with van der Waals surface area (Å²) in [4.78, 5) is 0. The summed E-state index contributed by atoms with van der Waals surface area (Å²) < 4.78 is 5.45. The quantitative estimate of drug-likeness (QED) is 0.535. The van der Waals surface area contributed by atoms with Gasteiger partial charge in [-0.05, 0) is 26.2 Å². The standard InChI is InChI=1S/C9H16O/c1-3-8(2)7-9-5-4-6-10-9/h7,9H,3-6H2,1-2H3/b8-7+/t9-/m1/s1. The molecule has 58 valence electrons. The Balaban J connectivity index is 2.34. The Morgan fingerprint density at radius 2 is 2.50 bits per heavy atom. The summed E-state index contributed by atoms with van der Waals surface area (Å²) in [5.41, 5.74) is 1.45. The number of allylic oxidation sites excluding steroid dienone is 1. The van der Waals surface area contributed by atoms with E-state index in [4.69, 9.17) is 4.74 Å². The van der Waals surface area contributed by atoms with Crippen LogP contribution in [0, 0.1) is 0 Å². The molecule has 0 aliphatic carbocycles. The molecule has 1 saturated heterocycles. The maximum absolute atomic E-state index is 5.45. The van der Waals surface area contributed by atoms with Gasteiger partial charge in [0.05, 0.1) is 6.10 Å². The Bertz CT molecular complexity index is 121. The third-order valence-electron chi connectivity index (χ3n) is 1.99. The van der Waals surface area contributed by atoms with Gasteiger partial charge in [-0.1, -0.05) is 18.6 Å². The molecule has 1 fully saturated rings. The van der Waals surface area contributed by atoms with Crippen LogP contribution in [0.1, 0.15) is 33.1 Å². The maximum Gasteiger partial charge on any atom is 0.0759 e. The lowest BCUT2D eigenvalue weighted by molar-refractivity contribution is 0.145. The van der Waals surface area contributed by atoms with Gasteiger partial charge in [-0.25, -0.2) is 0 Å². The third kappa shape index (κ3) is 2.14. The summed E-state index contributed by atoms with van der Waals surface area (Å²) in [6.45, 7) is 5.31. The van der Waals surface area contributed by atoms with Gasteiger partial charge in [0.15, 0.2) is 0 Å². The molecule has 0 N–H and O–H groups in total. The molecular formula is C9H16O. The number of rotatable bonds is 2. The lowest BCUT2D eigenvalue weighted by Gasteiger charge is -2.03. The first-order chi connectivity index (χ1) is 4.83. The second-order valence-corrected chi connectivity index (χ2v) is 2.92. The van der Waals surface area contributed by atoms with E-state index < -0.39 is 0 Å². The zero-order chi connectivity index (χ0) is 7.40. The van der Waals surface area contributed by atoms with E-state index in [2.05, 4.69) is 19.9 Å². The van der Waals surface area contributed by atoms with Crippen LogP contribution in [0.5, 0.6) is 0 Å². The lowest BCUT2D eigenvalue weighted by atomic mass is 10.1. The van der Waals surface area contributed by atoms with E-state index in [1.807, 2.05) is 0 Å². The fourth-order valence-electron chi connectivity index (χ4n) is 1.17. The van der Waals surface area contributed by atoms with Crippen molar-refractivity contribution in [2.24, 2.45) is 0 Å². The van der Waals surface area contributed by atoms with Gasteiger partial charge in [0.1, 0.15) is 0 Å². The van der Waals surface area contributed by atoms with E-state index in [0.717, 1.165) is 13.0 Å². The molecule has 1 aliphatic heterocycles. The molecule has 0 amide bonds. The highest BCUT2D eigenvalue weighted by Crippen LogP contribution is 2.15. The molecule has 0 bridgehead atoms. The van der Waals surface area contributed by atoms with Crippen LogP contribution >= 0.6 is 0 Å². The highest BCUT2D eigenvalue weighted by molar-refractivity contribution is 5.02. The molecule has 10 heavy (non-hydrogen) atoms. The summed E-state index contributed by atoms with van der Waals surface area (Å²) >= 11 is 0. The Kier molecular flexibility index (Phi) is 2.94. The normalized spacial score (nSPS) is 27.4. The Labute approximate surface area is 63.1 Å². The smallest absolute Gasteiger partial charge is 0.0759 e. The predicted octanol–water partition coefficient (Wildman–Crippen LogP) is 2.52. The minimum absolute atomic E-state index is 0.431. The average Bonchev–Trinajstić information content (AvgIpc) is 2.40. The molecule has 0 aromatic heterocycles. The van der Waals surface area contributed by atoms with Crippen LogP contribution in [0.3, 0.4) is 0 Å². The van der Waals surface area contributed by atoms with Gasteiger partial charge in [0.25, 0.3) is 0 Å². The van der Waals surface area contributed by atoms with Crippen LogP contribution in [0.2, 0.25) is 0 Å². The summed E-state index contributed by atoms with van der Waals surface area (Å²) in [7, 11) is 0. The topological polar surface area (TPSA) is 9.23 Å². The number of hydrogen-bond donors (Lipinski definition) is 0. The van der Waals surface area contributed by atoms with E-state index >= 15 is 0 Å². The SMILES string of the molecule is CC/C(C)=C/[C@H]1CCCO1. The minimum atomic E-state index is 0.431. The molecule has 1 heteroatoms. The van der Waals surface area contributed by atoms with Crippen LogP contribution in [0.4, 0.5) is 0 Å². The van der Waals surface area contributed by atoms with Crippen molar-refractivity contribution in [2.45, 2.75) is 39.2 Å². The van der Waals surface area contributed by atoms with Crippen molar-refractivity contribution in [1.82, 2.24) is 0 Å². The molecular weight excluding hydrogens is 124 g/mol. The van der Waals surface area contributed by atoms with Gasteiger partial charge in [-0.15, -0.1) is 0 Å². The average molecular weight is 140 g/mol. The molecule has 0 aromatic rings. The minimum Gasteiger partial charge on any atom is -0.374 e. The van der Waals surface area contributed by atoms with Gasteiger partial charge in [0.2, 0.25) is 0 Å². The molecule has 1 heterocycles. The zero-order valence-corrected chi connectivity index (χ0v) is 6.89. The van der Waals surface area contributed by atoms with Crippen molar-refractivity contribution >= 4 is 0 Å². The van der Waals surface area contributed by atoms with Crippen molar-refractivity contribution in [1.29, 1.82) is 0 Å². The molecule has 0 spiro atoms. The second kappa shape index (κ2) is 3.77. The van der Waals surface area contributed by atoms with E-state index in [0.29, 0.717) is 6.10 Å². The van der Waals surface area contributed by atoms with Gasteiger partial charge < -0.3 is 4.74 Å². The monoisotopic (exact) mass is 140 g/mol. The van der Waals surface area contributed by atoms with Crippen LogP contribution in [0.25, 0.3) is 0 Å². The van der Waals surface area contributed by atoms with Crippen LogP contribution in [-0.2, 0) is 4.74 Å². The first-order valence-electron chi connectivity index (χ1n) is 4.12. The summed E-state index contributed by atoms with van der Waals surface area (Å²) in [5.74, 6) is 0. The number of ether oxygens (including phenoxy) is 1. The lowest BCUT2D eigenvalue weighted by Crippen LogP contribution is -2.00. The van der Waals surface area contributed by atoms with Crippen molar-refractivity contribution in [2.75, 3.05) is 6.61 Å². The van der Waals surface area contributed by atoms with E-state index in [-0.39, 0.29) is 0 Å². The zero-order valence-electron chi connectivity index (χ0n) is 6.89. The third-order valence-corrected chi connectivity index (χ3v) is 1.99. The van der Waals surface area contributed by atoms with Crippen molar-refractivity contribution in [3.8, 4) is 0 Å². The van der Waals surface area contributed by atoms with E-state index in [1.165, 1.54) is 18.4 Å². The van der Waals surface area contributed by atoms with Crippen molar-refractivity contribution < 1.29 is 4.74 Å². The molecule has 1 nitrogen and oxygen atoms in total. The first kappa shape index (κ1) is 7.80. The van der Waals surface area contributed by atoms with Crippen LogP contribution in [0.15, 0.2) is 11.6 Å². The van der Waals surface area contributed by atoms with E-state index in [1.54, 1.807) is 0 Å². The molecule has 1 atom stereocenters. The Hall–Kier alpha value is -0.300. The fraction of sp³-hybridized carbons (Fsp3) is 0.778. The van der Waals surface area contributed by atoms with Gasteiger partial charge in [-0.3, -0.25) is 0 Å². The molecule has 0 radical (unpaired) electrons. The van der Waals surface area contributed by atoms with Crippen molar-refractivity contribution in [3.05, 3.63) is 11.6 Å². The summed E-state index contributed by atoms with van der Waals surface area (Å²) in [6.07, 6.45) is 6.29. The number of hydrogen-bond acceptors (Lipinski definition) is 1. The highest BCUT2D eigenvalue weighted by atomic mass is 16.5. The molecule has 1 rings (SSSR count). The maximum atomic E-state index is 5.45. The first-order valence-corrected chi connectivity index (χ1v) is 4.12. The van der Waals surface area contributed by atoms with E-state index in [9.17, 15) is 0 Å².